The van der Waals surface area contributed by atoms with Crippen molar-refractivity contribution in [1.82, 2.24) is 10.6 Å². The number of benzene rings is 3. The molecule has 1 unspecified atom stereocenters. The second kappa shape index (κ2) is 13.7. The van der Waals surface area contributed by atoms with E-state index in [1.807, 2.05) is 41.5 Å². The molecule has 240 valence electrons. The molecule has 44 heavy (non-hydrogen) atoms. The molecule has 0 heterocycles. The SMILES string of the molecule is Cc1cc(C)cc(CP(Br)(C[C@@H](NC(=O)C(NC(=O)OC(C)(C)C)C(C)(C)C)C(C)C)(c2ccccc2)c2ccccc2)c1. The summed E-state index contributed by atoms with van der Waals surface area (Å²) in [5, 5.41) is 5.55. The average molecular weight is 684 g/mol. The first-order valence-corrected chi connectivity index (χ1v) is 20.1. The first kappa shape index (κ1) is 35.8. The van der Waals surface area contributed by atoms with E-state index in [0.29, 0.717) is 6.16 Å². The summed E-state index contributed by atoms with van der Waals surface area (Å²) in [7, 11) is 0. The molecule has 0 radical (unpaired) electrons. The topological polar surface area (TPSA) is 67.4 Å². The molecule has 7 heteroatoms. The molecule has 0 bridgehead atoms. The van der Waals surface area contributed by atoms with E-state index in [4.69, 9.17) is 4.74 Å². The van der Waals surface area contributed by atoms with Crippen molar-refractivity contribution in [2.75, 3.05) is 6.16 Å². The maximum absolute atomic E-state index is 14.1. The van der Waals surface area contributed by atoms with Gasteiger partial charge in [0.05, 0.1) is 0 Å². The van der Waals surface area contributed by atoms with Crippen molar-refractivity contribution >= 4 is 43.4 Å². The number of hydrogen-bond donors (Lipinski definition) is 2. The Hall–Kier alpha value is -2.69. The second-order valence-corrected chi connectivity index (χ2v) is 24.3. The van der Waals surface area contributed by atoms with Crippen molar-refractivity contribution < 1.29 is 14.3 Å². The molecule has 0 fully saturated rings. The maximum atomic E-state index is 14.1. The summed E-state index contributed by atoms with van der Waals surface area (Å²) in [5.41, 5.74) is 2.51. The number of nitrogens with one attached hydrogen (secondary N) is 2. The number of alkyl carbamates (subject to hydrolysis) is 1. The molecular formula is C37H52BrN2O3P. The van der Waals surface area contributed by atoms with Crippen LogP contribution in [-0.4, -0.2) is 35.8 Å². The first-order valence-electron chi connectivity index (χ1n) is 15.5. The zero-order valence-corrected chi connectivity index (χ0v) is 30.7. The third kappa shape index (κ3) is 8.95. The molecule has 0 saturated heterocycles. The van der Waals surface area contributed by atoms with Crippen LogP contribution >= 0.6 is 20.8 Å². The van der Waals surface area contributed by atoms with Gasteiger partial charge in [-0.25, -0.2) is 0 Å². The Labute approximate surface area is 273 Å². The van der Waals surface area contributed by atoms with E-state index >= 15 is 0 Å². The molecule has 3 aromatic rings. The van der Waals surface area contributed by atoms with Gasteiger partial charge in [-0.05, 0) is 0 Å². The summed E-state index contributed by atoms with van der Waals surface area (Å²) in [4.78, 5) is 27.0. The summed E-state index contributed by atoms with van der Waals surface area (Å²) in [6.07, 6.45) is 0.886. The van der Waals surface area contributed by atoms with Crippen molar-refractivity contribution in [2.24, 2.45) is 11.3 Å². The Morgan fingerprint density at radius 1 is 0.795 bits per heavy atom. The molecule has 5 nitrogen and oxygen atoms in total. The Morgan fingerprint density at radius 3 is 1.68 bits per heavy atom. The third-order valence-electron chi connectivity index (χ3n) is 7.99. The quantitative estimate of drug-likeness (QED) is 0.211. The van der Waals surface area contributed by atoms with Crippen LogP contribution in [-0.2, 0) is 15.7 Å². The molecule has 2 N–H and O–H groups in total. The standard InChI is InChI=1S/C37H52BrN2O3P/c1-26(2)32(39-34(41)33(36(5,6)7)40-35(42)43-37(8,9)10)25-44(38,30-17-13-11-14-18-30,31-19-15-12-16-20-31)24-29-22-27(3)21-28(4)23-29/h11-23,26,32-33H,24-25H2,1-10H3,(H,39,41)(H,40,42)/t32-,33?/m1/s1. The molecule has 0 aromatic heterocycles. The van der Waals surface area contributed by atoms with E-state index in [0.717, 1.165) is 6.16 Å². The summed E-state index contributed by atoms with van der Waals surface area (Å²) in [6, 6.07) is 27.2. The van der Waals surface area contributed by atoms with Crippen molar-refractivity contribution in [1.29, 1.82) is 0 Å². The fraction of sp³-hybridized carbons (Fsp3) is 0.459. The zero-order valence-electron chi connectivity index (χ0n) is 28.2. The number of aryl methyl sites for hydroxylation is 2. The van der Waals surface area contributed by atoms with Crippen LogP contribution in [0.1, 0.15) is 72.1 Å². The van der Waals surface area contributed by atoms with Crippen LogP contribution in [0.5, 0.6) is 0 Å². The van der Waals surface area contributed by atoms with Gasteiger partial charge in [0, 0.05) is 0 Å². The van der Waals surface area contributed by atoms with E-state index in [9.17, 15) is 9.59 Å². The molecule has 0 aliphatic carbocycles. The molecule has 3 aromatic carbocycles. The minimum atomic E-state index is -3.21. The number of halogens is 1. The fourth-order valence-corrected chi connectivity index (χ4v) is 14.3. The summed E-state index contributed by atoms with van der Waals surface area (Å²) in [5.74, 6) is -0.0982. The van der Waals surface area contributed by atoms with Gasteiger partial charge in [0.25, 0.3) is 0 Å². The number of rotatable bonds is 10. The number of ether oxygens (including phenoxy) is 1. The van der Waals surface area contributed by atoms with E-state index in [1.54, 1.807) is 0 Å². The van der Waals surface area contributed by atoms with Crippen molar-refractivity contribution in [3.63, 3.8) is 0 Å². The van der Waals surface area contributed by atoms with Crippen LogP contribution in [0.25, 0.3) is 0 Å². The van der Waals surface area contributed by atoms with Crippen molar-refractivity contribution in [3.05, 3.63) is 95.6 Å². The van der Waals surface area contributed by atoms with Gasteiger partial charge >= 0.3 is 274 Å². The Morgan fingerprint density at radius 2 is 1.27 bits per heavy atom. The van der Waals surface area contributed by atoms with Gasteiger partial charge in [0.1, 0.15) is 0 Å². The van der Waals surface area contributed by atoms with Crippen LogP contribution in [0.2, 0.25) is 0 Å². The van der Waals surface area contributed by atoms with Gasteiger partial charge in [-0.2, -0.15) is 0 Å². The van der Waals surface area contributed by atoms with Gasteiger partial charge in [-0.15, -0.1) is 0 Å². The molecule has 0 spiro atoms. The number of carbonyl (C=O) groups is 2. The monoisotopic (exact) mass is 682 g/mol. The number of hydrogen-bond acceptors (Lipinski definition) is 3. The van der Waals surface area contributed by atoms with E-state index < -0.39 is 28.5 Å². The normalized spacial score (nSPS) is 14.7. The molecule has 2 atom stereocenters. The molecule has 0 saturated carbocycles. The number of carbonyl (C=O) groups excluding carboxylic acids is 2. The zero-order chi connectivity index (χ0) is 32.9. The molecule has 0 aliphatic heterocycles. The van der Waals surface area contributed by atoms with E-state index in [1.165, 1.54) is 27.3 Å². The fourth-order valence-electron chi connectivity index (χ4n) is 5.89. The third-order valence-corrected chi connectivity index (χ3v) is 17.2. The average Bonchev–Trinajstić information content (AvgIpc) is 2.90. The number of amides is 2. The molecule has 3 rings (SSSR count). The van der Waals surface area contributed by atoms with Gasteiger partial charge in [0.2, 0.25) is 0 Å². The van der Waals surface area contributed by atoms with Crippen molar-refractivity contribution in [3.8, 4) is 0 Å². The Balaban J connectivity index is 2.15. The molecular weight excluding hydrogens is 631 g/mol. The van der Waals surface area contributed by atoms with Crippen LogP contribution in [0, 0.1) is 25.2 Å². The van der Waals surface area contributed by atoms with Crippen LogP contribution in [0.4, 0.5) is 4.79 Å². The first-order chi connectivity index (χ1) is 20.3. The van der Waals surface area contributed by atoms with Crippen molar-refractivity contribution in [2.45, 2.75) is 93.1 Å². The van der Waals surface area contributed by atoms with Crippen LogP contribution in [0.3, 0.4) is 0 Å². The van der Waals surface area contributed by atoms with Crippen LogP contribution < -0.4 is 21.2 Å². The van der Waals surface area contributed by atoms with Gasteiger partial charge in [0.15, 0.2) is 0 Å². The predicted molar refractivity (Wildman–Crippen MR) is 192 cm³/mol. The summed E-state index contributed by atoms with van der Waals surface area (Å²) < 4.78 is 5.53. The Bertz CT molecular complexity index is 1370. The molecule has 2 amide bonds. The Kier molecular flexibility index (Phi) is 11.2. The minimum absolute atomic E-state index is 0.117. The van der Waals surface area contributed by atoms with Gasteiger partial charge in [-0.1, -0.05) is 0 Å². The molecule has 0 aliphatic rings. The van der Waals surface area contributed by atoms with Gasteiger partial charge in [-0.3, -0.25) is 0 Å². The van der Waals surface area contributed by atoms with E-state index in [-0.39, 0.29) is 17.9 Å². The predicted octanol–water partition coefficient (Wildman–Crippen LogP) is 8.40. The summed E-state index contributed by atoms with van der Waals surface area (Å²) in [6.45, 7) is 19.9. The summed E-state index contributed by atoms with van der Waals surface area (Å²) >= 11 is 4.59. The second-order valence-electron chi connectivity index (χ2n) is 14.7. The van der Waals surface area contributed by atoms with Gasteiger partial charge < -0.3 is 0 Å². The van der Waals surface area contributed by atoms with Crippen LogP contribution in [0.15, 0.2) is 78.9 Å². The van der Waals surface area contributed by atoms with E-state index in [2.05, 4.69) is 133 Å².